The van der Waals surface area contributed by atoms with Crippen LogP contribution < -0.4 is 5.32 Å². The van der Waals surface area contributed by atoms with Gasteiger partial charge in [0.15, 0.2) is 11.7 Å². The summed E-state index contributed by atoms with van der Waals surface area (Å²) < 4.78 is 7.97. The van der Waals surface area contributed by atoms with Crippen LogP contribution >= 0.6 is 0 Å². The van der Waals surface area contributed by atoms with E-state index < -0.39 is 16.9 Å². The monoisotopic (exact) mass is 477 g/mol. The summed E-state index contributed by atoms with van der Waals surface area (Å²) in [4.78, 5) is 40.0. The summed E-state index contributed by atoms with van der Waals surface area (Å²) in [5.74, 6) is -1.17. The first-order valence-electron chi connectivity index (χ1n) is 11.0. The predicted molar refractivity (Wildman–Crippen MR) is 126 cm³/mol. The number of esters is 1. The van der Waals surface area contributed by atoms with Crippen molar-refractivity contribution in [1.29, 1.82) is 0 Å². The number of amides is 1. The van der Waals surface area contributed by atoms with E-state index in [1.165, 1.54) is 21.5 Å². The van der Waals surface area contributed by atoms with Crippen LogP contribution in [0.4, 0.5) is 11.5 Å². The molecule has 0 aliphatic heterocycles. The number of aromatic nitrogens is 5. The van der Waals surface area contributed by atoms with Gasteiger partial charge in [0.25, 0.3) is 5.91 Å². The molecule has 0 radical (unpaired) electrons. The number of fused-ring (bicyclic) bond motifs is 1. The molecule has 1 N–H and O–H groups in total. The number of carbonyl (C=O) groups is 2. The van der Waals surface area contributed by atoms with Crippen LogP contribution in [0.5, 0.6) is 0 Å². The normalized spacial score (nSPS) is 11.9. The average Bonchev–Trinajstić information content (AvgIpc) is 3.44. The zero-order chi connectivity index (χ0) is 25.1. The van der Waals surface area contributed by atoms with Crippen molar-refractivity contribution in [3.05, 3.63) is 70.2 Å². The van der Waals surface area contributed by atoms with Gasteiger partial charge >= 0.3 is 11.8 Å². The standard InChI is InChI=1S/C23H23N7O5/c1-4-18(28-14(3)11-20(27-28)30(33)34)22(31)26-16-8-6-7-15(12-16)19-9-10-24-21-17(13-25-29(19)21)23(32)35-5-2/h6-13,18H,4-5H2,1-3H3,(H,26,31). The molecule has 1 amide bonds. The van der Waals surface area contributed by atoms with Gasteiger partial charge in [0.2, 0.25) is 0 Å². The Kier molecular flexibility index (Phi) is 6.53. The molecule has 3 aromatic heterocycles. The van der Waals surface area contributed by atoms with E-state index >= 15 is 0 Å². The number of nitrogens with zero attached hydrogens (tertiary/aromatic N) is 6. The first kappa shape index (κ1) is 23.5. The number of ether oxygens (including phenoxy) is 1. The maximum Gasteiger partial charge on any atom is 0.390 e. The van der Waals surface area contributed by atoms with Gasteiger partial charge in [0.1, 0.15) is 5.56 Å². The minimum Gasteiger partial charge on any atom is -0.462 e. The van der Waals surface area contributed by atoms with Crippen molar-refractivity contribution in [3.63, 3.8) is 0 Å². The van der Waals surface area contributed by atoms with Crippen molar-refractivity contribution in [2.24, 2.45) is 0 Å². The molecule has 3 heterocycles. The predicted octanol–water partition coefficient (Wildman–Crippen LogP) is 3.58. The summed E-state index contributed by atoms with van der Waals surface area (Å²) >= 11 is 0. The fourth-order valence-electron chi connectivity index (χ4n) is 3.79. The van der Waals surface area contributed by atoms with Crippen LogP contribution in [0.3, 0.4) is 0 Å². The van der Waals surface area contributed by atoms with Gasteiger partial charge in [-0.1, -0.05) is 19.1 Å². The Balaban J connectivity index is 1.62. The first-order valence-corrected chi connectivity index (χ1v) is 11.0. The van der Waals surface area contributed by atoms with E-state index in [9.17, 15) is 19.7 Å². The summed E-state index contributed by atoms with van der Waals surface area (Å²) in [6, 6.07) is 9.48. The highest BCUT2D eigenvalue weighted by molar-refractivity contribution is 5.96. The lowest BCUT2D eigenvalue weighted by molar-refractivity contribution is -0.389. The molecule has 1 aromatic carbocycles. The van der Waals surface area contributed by atoms with Gasteiger partial charge in [-0.15, -0.1) is 0 Å². The van der Waals surface area contributed by atoms with Crippen LogP contribution in [0.15, 0.2) is 48.8 Å². The minimum atomic E-state index is -0.724. The zero-order valence-electron chi connectivity index (χ0n) is 19.3. The second-order valence-electron chi connectivity index (χ2n) is 7.68. The Morgan fingerprint density at radius 3 is 2.71 bits per heavy atom. The van der Waals surface area contributed by atoms with Gasteiger partial charge in [-0.05, 0) is 43.4 Å². The first-order chi connectivity index (χ1) is 16.8. The highest BCUT2D eigenvalue weighted by Gasteiger charge is 2.27. The molecule has 12 heteroatoms. The molecule has 180 valence electrons. The number of aryl methyl sites for hydroxylation is 1. The molecule has 4 aromatic rings. The van der Waals surface area contributed by atoms with E-state index in [0.29, 0.717) is 29.1 Å². The molecule has 35 heavy (non-hydrogen) atoms. The summed E-state index contributed by atoms with van der Waals surface area (Å²) in [5, 5.41) is 22.2. The Morgan fingerprint density at radius 2 is 2.03 bits per heavy atom. The maximum atomic E-state index is 13.1. The van der Waals surface area contributed by atoms with Gasteiger partial charge in [-0.25, -0.2) is 14.3 Å². The van der Waals surface area contributed by atoms with Crippen LogP contribution in [-0.4, -0.2) is 47.8 Å². The van der Waals surface area contributed by atoms with Crippen LogP contribution in [0.2, 0.25) is 0 Å². The molecule has 0 saturated carbocycles. The van der Waals surface area contributed by atoms with Gasteiger partial charge in [0.05, 0.1) is 35.4 Å². The summed E-state index contributed by atoms with van der Waals surface area (Å²) in [6.07, 6.45) is 3.37. The molecule has 0 aliphatic rings. The number of rotatable bonds is 8. The van der Waals surface area contributed by atoms with Crippen LogP contribution in [0.25, 0.3) is 16.9 Å². The van der Waals surface area contributed by atoms with E-state index in [0.717, 1.165) is 5.56 Å². The van der Waals surface area contributed by atoms with Crippen molar-refractivity contribution < 1.29 is 19.2 Å². The Labute approximate surface area is 199 Å². The molecule has 1 atom stereocenters. The van der Waals surface area contributed by atoms with Crippen molar-refractivity contribution in [2.75, 3.05) is 11.9 Å². The highest BCUT2D eigenvalue weighted by Crippen LogP contribution is 2.26. The quantitative estimate of drug-likeness (QED) is 0.230. The van der Waals surface area contributed by atoms with E-state index in [1.54, 1.807) is 51.2 Å². The Hall–Kier alpha value is -4.61. The van der Waals surface area contributed by atoms with Crippen LogP contribution in [0.1, 0.15) is 42.4 Å². The van der Waals surface area contributed by atoms with E-state index in [4.69, 9.17) is 4.74 Å². The summed E-state index contributed by atoms with van der Waals surface area (Å²) in [7, 11) is 0. The molecule has 0 aliphatic carbocycles. The molecule has 0 saturated heterocycles. The molecule has 0 fully saturated rings. The topological polar surface area (TPSA) is 147 Å². The third-order valence-electron chi connectivity index (χ3n) is 5.40. The van der Waals surface area contributed by atoms with E-state index in [-0.39, 0.29) is 23.9 Å². The van der Waals surface area contributed by atoms with E-state index in [2.05, 4.69) is 20.5 Å². The number of hydrogen-bond acceptors (Lipinski definition) is 8. The van der Waals surface area contributed by atoms with Gasteiger partial charge in [0, 0.05) is 17.4 Å². The summed E-state index contributed by atoms with van der Waals surface area (Å²) in [5.41, 5.74) is 3.04. The lowest BCUT2D eigenvalue weighted by Crippen LogP contribution is -2.27. The Morgan fingerprint density at radius 1 is 1.23 bits per heavy atom. The number of nitrogens with one attached hydrogen (secondary N) is 1. The molecule has 0 spiro atoms. The average molecular weight is 477 g/mol. The minimum absolute atomic E-state index is 0.238. The van der Waals surface area contributed by atoms with Gasteiger partial charge in [-0.2, -0.15) is 9.78 Å². The fourth-order valence-corrected chi connectivity index (χ4v) is 3.79. The largest absolute Gasteiger partial charge is 0.462 e. The van der Waals surface area contributed by atoms with Gasteiger partial charge in [-0.3, -0.25) is 4.79 Å². The van der Waals surface area contributed by atoms with Gasteiger partial charge < -0.3 is 20.2 Å². The molecule has 12 nitrogen and oxygen atoms in total. The second-order valence-corrected chi connectivity index (χ2v) is 7.68. The zero-order valence-corrected chi connectivity index (χ0v) is 19.3. The molecular formula is C23H23N7O5. The van der Waals surface area contributed by atoms with Crippen LogP contribution in [0, 0.1) is 17.0 Å². The van der Waals surface area contributed by atoms with Crippen molar-refractivity contribution in [2.45, 2.75) is 33.2 Å². The summed E-state index contributed by atoms with van der Waals surface area (Å²) in [6.45, 7) is 5.43. The third-order valence-corrected chi connectivity index (χ3v) is 5.40. The number of benzene rings is 1. The fraction of sp³-hybridized carbons (Fsp3) is 0.261. The molecule has 0 bridgehead atoms. The number of carbonyl (C=O) groups excluding carboxylic acids is 2. The third kappa shape index (κ3) is 4.58. The second kappa shape index (κ2) is 9.71. The van der Waals surface area contributed by atoms with E-state index in [1.807, 2.05) is 6.07 Å². The van der Waals surface area contributed by atoms with Crippen molar-refractivity contribution >= 4 is 29.0 Å². The number of anilines is 1. The molecule has 1 unspecified atom stereocenters. The highest BCUT2D eigenvalue weighted by atomic mass is 16.6. The lowest BCUT2D eigenvalue weighted by atomic mass is 10.1. The number of hydrogen-bond donors (Lipinski definition) is 1. The molecule has 4 rings (SSSR count). The SMILES string of the molecule is CCOC(=O)c1cnn2c(-c3cccc(NC(=O)C(CC)n4nc([N+](=O)[O-])cc4C)c3)ccnc12. The lowest BCUT2D eigenvalue weighted by Gasteiger charge is -2.15. The molecular weight excluding hydrogens is 454 g/mol. The number of nitro groups is 1. The smallest absolute Gasteiger partial charge is 0.390 e. The maximum absolute atomic E-state index is 13.1. The van der Waals surface area contributed by atoms with Crippen molar-refractivity contribution in [1.82, 2.24) is 24.4 Å². The Bertz CT molecular complexity index is 1420. The van der Waals surface area contributed by atoms with Crippen molar-refractivity contribution in [3.8, 4) is 11.3 Å². The van der Waals surface area contributed by atoms with Crippen LogP contribution in [-0.2, 0) is 9.53 Å².